The van der Waals surface area contributed by atoms with Gasteiger partial charge < -0.3 is 4.90 Å². The summed E-state index contributed by atoms with van der Waals surface area (Å²) in [7, 11) is 0. The second-order valence-electron chi connectivity index (χ2n) is 4.97. The van der Waals surface area contributed by atoms with E-state index < -0.39 is 0 Å². The van der Waals surface area contributed by atoms with E-state index in [2.05, 4.69) is 9.97 Å². The molecule has 3 heterocycles. The highest BCUT2D eigenvalue weighted by Crippen LogP contribution is 2.23. The number of pyridine rings is 1. The van der Waals surface area contributed by atoms with Crippen molar-refractivity contribution in [3.05, 3.63) is 35.6 Å². The molecule has 0 radical (unpaired) electrons. The first-order valence-electron chi connectivity index (χ1n) is 6.95. The van der Waals surface area contributed by atoms with E-state index in [0.717, 1.165) is 48.6 Å². The molecule has 0 N–H and O–H groups in total. The molecule has 1 aliphatic heterocycles. The van der Waals surface area contributed by atoms with Gasteiger partial charge in [0.15, 0.2) is 0 Å². The maximum atomic E-state index is 12.0. The predicted molar refractivity (Wildman–Crippen MR) is 79.5 cm³/mol. The van der Waals surface area contributed by atoms with Gasteiger partial charge in [0.05, 0.1) is 5.69 Å². The van der Waals surface area contributed by atoms with E-state index in [1.54, 1.807) is 23.7 Å². The molecule has 0 atom stereocenters. The van der Waals surface area contributed by atoms with Crippen molar-refractivity contribution in [2.24, 2.45) is 0 Å². The second kappa shape index (κ2) is 6.13. The van der Waals surface area contributed by atoms with E-state index in [1.807, 2.05) is 22.4 Å². The lowest BCUT2D eigenvalue weighted by Gasteiger charge is -2.14. The van der Waals surface area contributed by atoms with Gasteiger partial charge >= 0.3 is 0 Å². The van der Waals surface area contributed by atoms with Gasteiger partial charge in [0.2, 0.25) is 5.91 Å². The highest BCUT2D eigenvalue weighted by Gasteiger charge is 2.17. The molecule has 0 bridgehead atoms. The van der Waals surface area contributed by atoms with E-state index in [0.29, 0.717) is 6.42 Å². The van der Waals surface area contributed by atoms with Crippen LogP contribution in [0.2, 0.25) is 0 Å². The summed E-state index contributed by atoms with van der Waals surface area (Å²) >= 11 is 1.62. The maximum absolute atomic E-state index is 12.0. The molecule has 4 nitrogen and oxygen atoms in total. The van der Waals surface area contributed by atoms with Gasteiger partial charge in [-0.3, -0.25) is 9.78 Å². The lowest BCUT2D eigenvalue weighted by Crippen LogP contribution is -2.27. The fourth-order valence-electron chi connectivity index (χ4n) is 2.41. The molecule has 1 aliphatic rings. The number of likely N-dealkylation sites (tertiary alicyclic amines) is 1. The standard InChI is InChI=1S/C15H17N3OS/c19-14(18-9-1-2-10-18)4-3-13-11-20-15(17-13)12-5-7-16-8-6-12/h5-8,11H,1-4,9-10H2. The molecule has 104 valence electrons. The zero-order valence-corrected chi connectivity index (χ0v) is 12.1. The van der Waals surface area contributed by atoms with Gasteiger partial charge in [-0.2, -0.15) is 0 Å². The quantitative estimate of drug-likeness (QED) is 0.868. The Bertz CT molecular complexity index is 576. The number of nitrogens with zero attached hydrogens (tertiary/aromatic N) is 3. The molecule has 2 aromatic heterocycles. The smallest absolute Gasteiger partial charge is 0.222 e. The van der Waals surface area contributed by atoms with Crippen LogP contribution in [-0.4, -0.2) is 33.9 Å². The van der Waals surface area contributed by atoms with Crippen LogP contribution in [0, 0.1) is 0 Å². The lowest BCUT2D eigenvalue weighted by molar-refractivity contribution is -0.130. The van der Waals surface area contributed by atoms with Gasteiger partial charge in [0.25, 0.3) is 0 Å². The third kappa shape index (κ3) is 3.04. The Morgan fingerprint density at radius 3 is 2.75 bits per heavy atom. The normalized spacial score (nSPS) is 14.7. The number of thiazole rings is 1. The predicted octanol–water partition coefficient (Wildman–Crippen LogP) is 2.76. The summed E-state index contributed by atoms with van der Waals surface area (Å²) in [5, 5.41) is 3.04. The minimum Gasteiger partial charge on any atom is -0.343 e. The average molecular weight is 287 g/mol. The number of amides is 1. The van der Waals surface area contributed by atoms with Crippen LogP contribution in [-0.2, 0) is 11.2 Å². The van der Waals surface area contributed by atoms with E-state index >= 15 is 0 Å². The van der Waals surface area contributed by atoms with Gasteiger partial charge in [-0.05, 0) is 31.4 Å². The number of carbonyl (C=O) groups is 1. The van der Waals surface area contributed by atoms with Crippen LogP contribution in [0.5, 0.6) is 0 Å². The topological polar surface area (TPSA) is 46.1 Å². The van der Waals surface area contributed by atoms with E-state index in [-0.39, 0.29) is 5.91 Å². The average Bonchev–Trinajstić information content (AvgIpc) is 3.17. The Kier molecular flexibility index (Phi) is 4.06. The van der Waals surface area contributed by atoms with Crippen LogP contribution in [0.3, 0.4) is 0 Å². The molecular weight excluding hydrogens is 270 g/mol. The summed E-state index contributed by atoms with van der Waals surface area (Å²) in [6.07, 6.45) is 7.14. The van der Waals surface area contributed by atoms with Crippen LogP contribution in [0.15, 0.2) is 29.9 Å². The monoisotopic (exact) mass is 287 g/mol. The first-order chi connectivity index (χ1) is 9.83. The molecule has 5 heteroatoms. The number of carbonyl (C=O) groups excluding carboxylic acids is 1. The molecule has 0 aromatic carbocycles. The highest BCUT2D eigenvalue weighted by molar-refractivity contribution is 7.13. The summed E-state index contributed by atoms with van der Waals surface area (Å²) in [4.78, 5) is 22.6. The Morgan fingerprint density at radius 2 is 2.00 bits per heavy atom. The summed E-state index contributed by atoms with van der Waals surface area (Å²) in [6.45, 7) is 1.86. The molecule has 0 unspecified atom stereocenters. The Balaban J connectivity index is 1.59. The van der Waals surface area contributed by atoms with E-state index in [4.69, 9.17) is 0 Å². The highest BCUT2D eigenvalue weighted by atomic mass is 32.1. The Labute approximate surface area is 122 Å². The minimum absolute atomic E-state index is 0.265. The van der Waals surface area contributed by atoms with Crippen LogP contribution in [0.1, 0.15) is 25.0 Å². The van der Waals surface area contributed by atoms with E-state index in [9.17, 15) is 4.79 Å². The summed E-state index contributed by atoms with van der Waals surface area (Å²) in [5.41, 5.74) is 2.09. The van der Waals surface area contributed by atoms with Crippen molar-refractivity contribution < 1.29 is 4.79 Å². The second-order valence-corrected chi connectivity index (χ2v) is 5.83. The van der Waals surface area contributed by atoms with Crippen molar-refractivity contribution in [2.45, 2.75) is 25.7 Å². The summed E-state index contributed by atoms with van der Waals surface area (Å²) < 4.78 is 0. The van der Waals surface area contributed by atoms with Gasteiger partial charge in [-0.25, -0.2) is 4.98 Å². The van der Waals surface area contributed by atoms with Crippen molar-refractivity contribution in [1.29, 1.82) is 0 Å². The molecule has 1 amide bonds. The fourth-order valence-corrected chi connectivity index (χ4v) is 3.27. The van der Waals surface area contributed by atoms with Crippen LogP contribution in [0.25, 0.3) is 10.6 Å². The van der Waals surface area contributed by atoms with Crippen molar-refractivity contribution >= 4 is 17.2 Å². The largest absolute Gasteiger partial charge is 0.343 e. The van der Waals surface area contributed by atoms with Gasteiger partial charge in [0, 0.05) is 42.8 Å². The molecule has 2 aromatic rings. The van der Waals surface area contributed by atoms with E-state index in [1.165, 1.54) is 0 Å². The van der Waals surface area contributed by atoms with Gasteiger partial charge in [0.1, 0.15) is 5.01 Å². The number of hydrogen-bond acceptors (Lipinski definition) is 4. The number of rotatable bonds is 4. The lowest BCUT2D eigenvalue weighted by atomic mass is 10.2. The summed E-state index contributed by atoms with van der Waals surface area (Å²) in [5.74, 6) is 0.265. The van der Waals surface area contributed by atoms with Crippen molar-refractivity contribution in [2.75, 3.05) is 13.1 Å². The van der Waals surface area contributed by atoms with Crippen LogP contribution < -0.4 is 0 Å². The number of hydrogen-bond donors (Lipinski definition) is 0. The van der Waals surface area contributed by atoms with Crippen LogP contribution in [0.4, 0.5) is 0 Å². The first-order valence-corrected chi connectivity index (χ1v) is 7.83. The number of aryl methyl sites for hydroxylation is 1. The van der Waals surface area contributed by atoms with Gasteiger partial charge in [-0.15, -0.1) is 11.3 Å². The third-order valence-electron chi connectivity index (χ3n) is 3.53. The molecule has 0 aliphatic carbocycles. The fraction of sp³-hybridized carbons (Fsp3) is 0.400. The molecule has 1 fully saturated rings. The Hall–Kier alpha value is -1.75. The maximum Gasteiger partial charge on any atom is 0.222 e. The molecule has 0 saturated carbocycles. The first kappa shape index (κ1) is 13.2. The minimum atomic E-state index is 0.265. The molecule has 20 heavy (non-hydrogen) atoms. The van der Waals surface area contributed by atoms with Crippen LogP contribution >= 0.6 is 11.3 Å². The van der Waals surface area contributed by atoms with Crippen molar-refractivity contribution in [3.8, 4) is 10.6 Å². The number of aromatic nitrogens is 2. The zero-order chi connectivity index (χ0) is 13.8. The SMILES string of the molecule is O=C(CCc1csc(-c2ccncc2)n1)N1CCCC1. The molecule has 3 rings (SSSR count). The molecule has 0 spiro atoms. The third-order valence-corrected chi connectivity index (χ3v) is 4.47. The van der Waals surface area contributed by atoms with Crippen molar-refractivity contribution in [3.63, 3.8) is 0 Å². The zero-order valence-electron chi connectivity index (χ0n) is 11.3. The molecular formula is C15H17N3OS. The Morgan fingerprint density at radius 1 is 1.25 bits per heavy atom. The van der Waals surface area contributed by atoms with Gasteiger partial charge in [-0.1, -0.05) is 0 Å². The molecule has 1 saturated heterocycles. The summed E-state index contributed by atoms with van der Waals surface area (Å²) in [6, 6.07) is 3.91. The van der Waals surface area contributed by atoms with Crippen molar-refractivity contribution in [1.82, 2.24) is 14.9 Å².